The SMILES string of the molecule is CC[C@H]1C=CC([C@H](O)OCC(O)OC(C)(C)C2CCCC2)=CC1. The van der Waals surface area contributed by atoms with Crippen LogP contribution in [0.25, 0.3) is 0 Å². The maximum Gasteiger partial charge on any atom is 0.181 e. The molecule has 3 atom stereocenters. The van der Waals surface area contributed by atoms with Crippen LogP contribution >= 0.6 is 0 Å². The Morgan fingerprint density at radius 1 is 1.26 bits per heavy atom. The van der Waals surface area contributed by atoms with E-state index in [2.05, 4.69) is 13.0 Å². The van der Waals surface area contributed by atoms with Gasteiger partial charge < -0.3 is 19.7 Å². The van der Waals surface area contributed by atoms with E-state index in [1.165, 1.54) is 12.8 Å². The molecule has 0 heterocycles. The number of aliphatic hydroxyl groups excluding tert-OH is 2. The fourth-order valence-electron chi connectivity index (χ4n) is 3.54. The van der Waals surface area contributed by atoms with Crippen LogP contribution in [0.3, 0.4) is 0 Å². The van der Waals surface area contributed by atoms with Crippen LogP contribution in [-0.4, -0.2) is 35.0 Å². The highest BCUT2D eigenvalue weighted by atomic mass is 16.7. The molecule has 0 aliphatic heterocycles. The molecule has 2 aliphatic carbocycles. The molecule has 0 spiro atoms. The predicted molar refractivity (Wildman–Crippen MR) is 90.7 cm³/mol. The summed E-state index contributed by atoms with van der Waals surface area (Å²) < 4.78 is 11.2. The fourth-order valence-corrected chi connectivity index (χ4v) is 3.54. The number of ether oxygens (including phenoxy) is 2. The van der Waals surface area contributed by atoms with E-state index in [1.807, 2.05) is 26.0 Å². The number of hydrogen-bond donors (Lipinski definition) is 2. The second kappa shape index (κ2) is 8.43. The van der Waals surface area contributed by atoms with Gasteiger partial charge in [-0.05, 0) is 51.4 Å². The summed E-state index contributed by atoms with van der Waals surface area (Å²) in [5.41, 5.74) is 0.403. The third-order valence-electron chi connectivity index (χ3n) is 5.20. The summed E-state index contributed by atoms with van der Waals surface area (Å²) in [6, 6.07) is 0. The quantitative estimate of drug-likeness (QED) is 0.671. The number of allylic oxidation sites excluding steroid dienone is 2. The molecule has 0 radical (unpaired) electrons. The molecule has 0 aromatic heterocycles. The molecule has 2 N–H and O–H groups in total. The lowest BCUT2D eigenvalue weighted by atomic mass is 9.89. The maximum atomic E-state index is 10.1. The molecule has 1 fully saturated rings. The van der Waals surface area contributed by atoms with Gasteiger partial charge in [0.1, 0.15) is 6.61 Å². The van der Waals surface area contributed by atoms with Gasteiger partial charge in [-0.2, -0.15) is 0 Å². The van der Waals surface area contributed by atoms with Crippen molar-refractivity contribution in [1.29, 1.82) is 0 Å². The van der Waals surface area contributed by atoms with Crippen LogP contribution in [0.15, 0.2) is 23.8 Å². The molecule has 1 unspecified atom stereocenters. The Labute approximate surface area is 140 Å². The van der Waals surface area contributed by atoms with E-state index in [9.17, 15) is 10.2 Å². The van der Waals surface area contributed by atoms with Crippen LogP contribution in [0.1, 0.15) is 59.3 Å². The van der Waals surface area contributed by atoms with Crippen LogP contribution in [0.4, 0.5) is 0 Å². The van der Waals surface area contributed by atoms with Crippen molar-refractivity contribution in [3.63, 3.8) is 0 Å². The van der Waals surface area contributed by atoms with Crippen LogP contribution in [0, 0.1) is 11.8 Å². The van der Waals surface area contributed by atoms with Crippen LogP contribution in [0.5, 0.6) is 0 Å². The second-order valence-corrected chi connectivity index (χ2v) is 7.31. The highest BCUT2D eigenvalue weighted by Gasteiger charge is 2.34. The van der Waals surface area contributed by atoms with Gasteiger partial charge in [0.15, 0.2) is 12.6 Å². The highest BCUT2D eigenvalue weighted by molar-refractivity contribution is 5.25. The van der Waals surface area contributed by atoms with E-state index in [4.69, 9.17) is 9.47 Å². The Hall–Kier alpha value is -0.680. The van der Waals surface area contributed by atoms with Crippen LogP contribution in [-0.2, 0) is 9.47 Å². The Balaban J connectivity index is 1.74. The Kier molecular flexibility index (Phi) is 6.84. The van der Waals surface area contributed by atoms with Gasteiger partial charge >= 0.3 is 0 Å². The summed E-state index contributed by atoms with van der Waals surface area (Å²) >= 11 is 0. The third kappa shape index (κ3) is 5.42. The topological polar surface area (TPSA) is 58.9 Å². The van der Waals surface area contributed by atoms with Gasteiger partial charge in [-0.15, -0.1) is 0 Å². The van der Waals surface area contributed by atoms with Crippen molar-refractivity contribution in [2.45, 2.75) is 77.5 Å². The van der Waals surface area contributed by atoms with E-state index in [0.29, 0.717) is 11.8 Å². The summed E-state index contributed by atoms with van der Waals surface area (Å²) in [4.78, 5) is 0. The van der Waals surface area contributed by atoms with E-state index < -0.39 is 12.6 Å². The molecule has 4 heteroatoms. The lowest BCUT2D eigenvalue weighted by molar-refractivity contribution is -0.228. The molecule has 0 bridgehead atoms. The van der Waals surface area contributed by atoms with Crippen molar-refractivity contribution >= 4 is 0 Å². The molecule has 0 aromatic carbocycles. The largest absolute Gasteiger partial charge is 0.366 e. The molecule has 1 saturated carbocycles. The molecule has 132 valence electrons. The predicted octanol–water partition coefficient (Wildman–Crippen LogP) is 3.54. The monoisotopic (exact) mass is 324 g/mol. The number of aliphatic hydroxyl groups is 2. The van der Waals surface area contributed by atoms with E-state index in [-0.39, 0.29) is 12.2 Å². The van der Waals surface area contributed by atoms with Crippen molar-refractivity contribution in [1.82, 2.24) is 0 Å². The minimum absolute atomic E-state index is 0.0281. The maximum absolute atomic E-state index is 10.1. The average molecular weight is 324 g/mol. The first-order chi connectivity index (χ1) is 10.9. The zero-order chi connectivity index (χ0) is 16.9. The first-order valence-corrected chi connectivity index (χ1v) is 8.96. The van der Waals surface area contributed by atoms with E-state index in [1.54, 1.807) is 0 Å². The van der Waals surface area contributed by atoms with Crippen molar-refractivity contribution in [3.05, 3.63) is 23.8 Å². The van der Waals surface area contributed by atoms with Gasteiger partial charge in [-0.1, -0.05) is 38.0 Å². The standard InChI is InChI=1S/C19H32O4/c1-4-14-9-11-15(12-10-14)18(21)22-13-17(20)23-19(2,3)16-7-5-6-8-16/h9,11-12,14,16-18,20-21H,4-8,10,13H2,1-3H3/t14-,17?,18+/m0/s1. The Morgan fingerprint density at radius 3 is 2.52 bits per heavy atom. The first-order valence-electron chi connectivity index (χ1n) is 8.96. The molecule has 4 nitrogen and oxygen atoms in total. The summed E-state index contributed by atoms with van der Waals surface area (Å²) in [6.07, 6.45) is 10.8. The summed E-state index contributed by atoms with van der Waals surface area (Å²) in [6.45, 7) is 6.18. The van der Waals surface area contributed by atoms with Crippen molar-refractivity contribution in [3.8, 4) is 0 Å². The smallest absolute Gasteiger partial charge is 0.181 e. The van der Waals surface area contributed by atoms with Gasteiger partial charge in [0, 0.05) is 5.57 Å². The van der Waals surface area contributed by atoms with E-state index in [0.717, 1.165) is 31.3 Å². The van der Waals surface area contributed by atoms with Crippen molar-refractivity contribution < 1.29 is 19.7 Å². The number of hydrogen-bond acceptors (Lipinski definition) is 4. The Morgan fingerprint density at radius 2 is 1.96 bits per heavy atom. The molecular formula is C19H32O4. The lowest BCUT2D eigenvalue weighted by Gasteiger charge is -2.34. The van der Waals surface area contributed by atoms with Gasteiger partial charge in [-0.25, -0.2) is 0 Å². The minimum Gasteiger partial charge on any atom is -0.366 e. The number of rotatable bonds is 8. The van der Waals surface area contributed by atoms with Crippen LogP contribution < -0.4 is 0 Å². The minimum atomic E-state index is -1.02. The molecule has 0 aromatic rings. The first kappa shape index (κ1) is 18.7. The third-order valence-corrected chi connectivity index (χ3v) is 5.20. The zero-order valence-electron chi connectivity index (χ0n) is 14.7. The van der Waals surface area contributed by atoms with E-state index >= 15 is 0 Å². The molecule has 2 aliphatic rings. The fraction of sp³-hybridized carbons (Fsp3) is 0.789. The summed E-state index contributed by atoms with van der Waals surface area (Å²) in [5, 5.41) is 20.2. The van der Waals surface area contributed by atoms with Crippen molar-refractivity contribution in [2.75, 3.05) is 6.61 Å². The summed E-state index contributed by atoms with van der Waals surface area (Å²) in [5.74, 6) is 1.03. The normalized spacial score (nSPS) is 25.4. The van der Waals surface area contributed by atoms with Gasteiger partial charge in [0.2, 0.25) is 0 Å². The highest BCUT2D eigenvalue weighted by Crippen LogP contribution is 2.36. The second-order valence-electron chi connectivity index (χ2n) is 7.31. The zero-order valence-corrected chi connectivity index (χ0v) is 14.7. The molecule has 0 amide bonds. The van der Waals surface area contributed by atoms with Gasteiger partial charge in [-0.3, -0.25) is 0 Å². The Bertz CT molecular complexity index is 421. The molecule has 0 saturated heterocycles. The summed E-state index contributed by atoms with van der Waals surface area (Å²) in [7, 11) is 0. The van der Waals surface area contributed by atoms with Crippen LogP contribution in [0.2, 0.25) is 0 Å². The molecular weight excluding hydrogens is 292 g/mol. The average Bonchev–Trinajstić information content (AvgIpc) is 3.07. The molecule has 23 heavy (non-hydrogen) atoms. The van der Waals surface area contributed by atoms with Gasteiger partial charge in [0.05, 0.1) is 5.60 Å². The molecule has 2 rings (SSSR count). The van der Waals surface area contributed by atoms with Gasteiger partial charge in [0.25, 0.3) is 0 Å². The lowest BCUT2D eigenvalue weighted by Crippen LogP contribution is -2.39. The van der Waals surface area contributed by atoms with Crippen molar-refractivity contribution in [2.24, 2.45) is 11.8 Å².